The zero-order valence-corrected chi connectivity index (χ0v) is 12.0. The van der Waals surface area contributed by atoms with E-state index in [1.165, 1.54) is 5.39 Å². The molecule has 2 atom stereocenters. The van der Waals surface area contributed by atoms with Crippen molar-refractivity contribution in [2.45, 2.75) is 25.8 Å². The van der Waals surface area contributed by atoms with Gasteiger partial charge in [0, 0.05) is 24.3 Å². The number of aromatic nitrogens is 1. The van der Waals surface area contributed by atoms with Crippen LogP contribution in [-0.4, -0.2) is 22.6 Å². The van der Waals surface area contributed by atoms with Crippen molar-refractivity contribution in [2.75, 3.05) is 6.54 Å². The van der Waals surface area contributed by atoms with E-state index >= 15 is 0 Å². The van der Waals surface area contributed by atoms with E-state index in [4.69, 9.17) is 0 Å². The number of benzene rings is 1. The monoisotopic (exact) mass is 284 g/mol. The first-order chi connectivity index (χ1) is 10.3. The lowest BCUT2D eigenvalue weighted by Crippen LogP contribution is -2.28. The van der Waals surface area contributed by atoms with E-state index < -0.39 is 5.97 Å². The van der Waals surface area contributed by atoms with Gasteiger partial charge in [-0.25, -0.2) is 0 Å². The number of nitrogens with zero attached hydrogens (tertiary/aromatic N) is 1. The van der Waals surface area contributed by atoms with Crippen molar-refractivity contribution in [3.8, 4) is 0 Å². The van der Waals surface area contributed by atoms with Crippen molar-refractivity contribution in [1.82, 2.24) is 10.3 Å². The lowest BCUT2D eigenvalue weighted by atomic mass is 9.96. The number of aliphatic carboxylic acids is 1. The van der Waals surface area contributed by atoms with Gasteiger partial charge in [0.25, 0.3) is 0 Å². The number of carboxylic acids is 1. The predicted octanol–water partition coefficient (Wildman–Crippen LogP) is 2.83. The van der Waals surface area contributed by atoms with Crippen LogP contribution in [-0.2, 0) is 11.3 Å². The Bertz CT molecular complexity index is 636. The molecule has 1 fully saturated rings. The van der Waals surface area contributed by atoms with E-state index in [0.717, 1.165) is 43.3 Å². The van der Waals surface area contributed by atoms with E-state index in [-0.39, 0.29) is 11.8 Å². The van der Waals surface area contributed by atoms with Crippen LogP contribution in [0.15, 0.2) is 36.7 Å². The maximum atomic E-state index is 11.2. The van der Waals surface area contributed by atoms with Crippen LogP contribution in [0.5, 0.6) is 0 Å². The van der Waals surface area contributed by atoms with Crippen molar-refractivity contribution in [1.29, 1.82) is 0 Å². The van der Waals surface area contributed by atoms with Crippen LogP contribution < -0.4 is 5.32 Å². The molecule has 4 nitrogen and oxygen atoms in total. The summed E-state index contributed by atoms with van der Waals surface area (Å²) in [7, 11) is 0. The van der Waals surface area contributed by atoms with Gasteiger partial charge in [-0.2, -0.15) is 0 Å². The number of pyridine rings is 1. The predicted molar refractivity (Wildman–Crippen MR) is 81.9 cm³/mol. The molecule has 0 spiro atoms. The fourth-order valence-corrected chi connectivity index (χ4v) is 3.32. The Kier molecular flexibility index (Phi) is 4.15. The van der Waals surface area contributed by atoms with Crippen LogP contribution in [0.4, 0.5) is 0 Å². The van der Waals surface area contributed by atoms with Gasteiger partial charge in [0.2, 0.25) is 0 Å². The number of hydrogen-bond donors (Lipinski definition) is 2. The molecule has 3 rings (SSSR count). The van der Waals surface area contributed by atoms with Crippen molar-refractivity contribution in [3.63, 3.8) is 0 Å². The minimum absolute atomic E-state index is 0.178. The smallest absolute Gasteiger partial charge is 0.306 e. The summed E-state index contributed by atoms with van der Waals surface area (Å²) in [5.41, 5.74) is 1.16. The molecule has 1 saturated carbocycles. The Balaban J connectivity index is 1.63. The number of carboxylic acid groups (broad SMARTS) is 1. The fraction of sp³-hybridized carbons (Fsp3) is 0.412. The molecule has 2 N–H and O–H groups in total. The molecule has 0 amide bonds. The van der Waals surface area contributed by atoms with E-state index in [1.54, 1.807) is 0 Å². The third kappa shape index (κ3) is 3.05. The second kappa shape index (κ2) is 6.22. The summed E-state index contributed by atoms with van der Waals surface area (Å²) in [6.07, 6.45) is 6.61. The highest BCUT2D eigenvalue weighted by Crippen LogP contribution is 2.31. The third-order valence-electron chi connectivity index (χ3n) is 4.45. The molecule has 21 heavy (non-hydrogen) atoms. The standard InChI is InChI=1S/C17H20N2O2/c20-17(21)16-7-3-5-13(16)9-19-11-14-10-18-8-12-4-1-2-6-15(12)14/h1-2,4,6,8,10,13,16,19H,3,5,7,9,11H2,(H,20,21). The first-order valence-electron chi connectivity index (χ1n) is 7.51. The van der Waals surface area contributed by atoms with Gasteiger partial charge in [-0.05, 0) is 36.3 Å². The van der Waals surface area contributed by atoms with E-state index in [9.17, 15) is 9.90 Å². The second-order valence-electron chi connectivity index (χ2n) is 5.79. The van der Waals surface area contributed by atoms with E-state index in [0.29, 0.717) is 0 Å². The minimum atomic E-state index is -0.647. The first-order valence-corrected chi connectivity index (χ1v) is 7.51. The molecule has 0 aliphatic heterocycles. The summed E-state index contributed by atoms with van der Waals surface area (Å²) in [4.78, 5) is 15.5. The van der Waals surface area contributed by atoms with Gasteiger partial charge >= 0.3 is 5.97 Å². The molecule has 1 aromatic heterocycles. The highest BCUT2D eigenvalue weighted by molar-refractivity contribution is 5.84. The molecule has 1 aromatic carbocycles. The molecule has 0 radical (unpaired) electrons. The molecule has 4 heteroatoms. The molecule has 2 unspecified atom stereocenters. The lowest BCUT2D eigenvalue weighted by molar-refractivity contribution is -0.142. The largest absolute Gasteiger partial charge is 0.481 e. The van der Waals surface area contributed by atoms with Crippen LogP contribution in [0, 0.1) is 11.8 Å². The molecule has 1 heterocycles. The number of fused-ring (bicyclic) bond motifs is 1. The van der Waals surface area contributed by atoms with E-state index in [1.807, 2.05) is 24.5 Å². The van der Waals surface area contributed by atoms with Gasteiger partial charge in [0.05, 0.1) is 5.92 Å². The maximum Gasteiger partial charge on any atom is 0.306 e. The quantitative estimate of drug-likeness (QED) is 0.886. The second-order valence-corrected chi connectivity index (χ2v) is 5.79. The summed E-state index contributed by atoms with van der Waals surface area (Å²) in [6, 6.07) is 8.20. The number of nitrogens with one attached hydrogen (secondary N) is 1. The number of carbonyl (C=O) groups is 1. The Labute approximate surface area is 124 Å². The minimum Gasteiger partial charge on any atom is -0.481 e. The molecule has 2 aromatic rings. The van der Waals surface area contributed by atoms with E-state index in [2.05, 4.69) is 22.4 Å². The molecule has 1 aliphatic carbocycles. The van der Waals surface area contributed by atoms with Gasteiger partial charge in [-0.15, -0.1) is 0 Å². The molecular formula is C17H20N2O2. The summed E-state index contributed by atoms with van der Waals surface area (Å²) >= 11 is 0. The molecule has 1 aliphatic rings. The summed E-state index contributed by atoms with van der Waals surface area (Å²) in [5, 5.41) is 15.0. The van der Waals surface area contributed by atoms with Crippen LogP contribution >= 0.6 is 0 Å². The molecule has 0 bridgehead atoms. The topological polar surface area (TPSA) is 62.2 Å². The third-order valence-corrected chi connectivity index (χ3v) is 4.45. The highest BCUT2D eigenvalue weighted by Gasteiger charge is 2.32. The first kappa shape index (κ1) is 14.0. The van der Waals surface area contributed by atoms with Crippen molar-refractivity contribution < 1.29 is 9.90 Å². The zero-order valence-electron chi connectivity index (χ0n) is 12.0. The average Bonchev–Trinajstić information content (AvgIpc) is 2.96. The number of rotatable bonds is 5. The summed E-state index contributed by atoms with van der Waals surface area (Å²) in [5.74, 6) is -0.570. The fourth-order valence-electron chi connectivity index (χ4n) is 3.32. The normalized spacial score (nSPS) is 21.7. The Morgan fingerprint density at radius 3 is 3.00 bits per heavy atom. The zero-order chi connectivity index (χ0) is 14.7. The summed E-state index contributed by atoms with van der Waals surface area (Å²) in [6.45, 7) is 1.50. The van der Waals surface area contributed by atoms with Gasteiger partial charge < -0.3 is 10.4 Å². The average molecular weight is 284 g/mol. The Morgan fingerprint density at radius 2 is 2.14 bits per heavy atom. The van der Waals surface area contributed by atoms with Gasteiger partial charge in [0.1, 0.15) is 0 Å². The Morgan fingerprint density at radius 1 is 1.29 bits per heavy atom. The van der Waals surface area contributed by atoms with Gasteiger partial charge in [-0.3, -0.25) is 9.78 Å². The van der Waals surface area contributed by atoms with Crippen molar-refractivity contribution >= 4 is 16.7 Å². The highest BCUT2D eigenvalue weighted by atomic mass is 16.4. The van der Waals surface area contributed by atoms with Gasteiger partial charge in [0.15, 0.2) is 0 Å². The SMILES string of the molecule is O=C(O)C1CCCC1CNCc1cncc2ccccc12. The summed E-state index contributed by atoms with van der Waals surface area (Å²) < 4.78 is 0. The lowest BCUT2D eigenvalue weighted by Gasteiger charge is -2.16. The molecule has 0 saturated heterocycles. The molecule has 110 valence electrons. The molecular weight excluding hydrogens is 264 g/mol. The number of hydrogen-bond acceptors (Lipinski definition) is 3. The van der Waals surface area contributed by atoms with Crippen molar-refractivity contribution in [3.05, 3.63) is 42.2 Å². The van der Waals surface area contributed by atoms with Crippen LogP contribution in [0.25, 0.3) is 10.8 Å². The van der Waals surface area contributed by atoms with Gasteiger partial charge in [-0.1, -0.05) is 30.7 Å². The van der Waals surface area contributed by atoms with Crippen LogP contribution in [0.1, 0.15) is 24.8 Å². The maximum absolute atomic E-state index is 11.2. The van der Waals surface area contributed by atoms with Crippen LogP contribution in [0.3, 0.4) is 0 Å². The van der Waals surface area contributed by atoms with Crippen LogP contribution in [0.2, 0.25) is 0 Å². The van der Waals surface area contributed by atoms with Crippen molar-refractivity contribution in [2.24, 2.45) is 11.8 Å². The Hall–Kier alpha value is -1.94.